The standard InChI is InChI=1S/C16H19N3O3S/c1-19(2)13(14-5-4-8-23-14)10-18-15(20)12-7-6-11(9-17-12)16(21)22-3/h4-9,13H,10H2,1-3H3,(H,18,20). The fourth-order valence-corrected chi connectivity index (χ4v) is 2.99. The van der Waals surface area contributed by atoms with Gasteiger partial charge in [-0.15, -0.1) is 11.3 Å². The number of amides is 1. The van der Waals surface area contributed by atoms with Gasteiger partial charge in [0.1, 0.15) is 5.69 Å². The fourth-order valence-electron chi connectivity index (χ4n) is 2.07. The van der Waals surface area contributed by atoms with E-state index >= 15 is 0 Å². The molecule has 1 amide bonds. The number of aromatic nitrogens is 1. The van der Waals surface area contributed by atoms with Gasteiger partial charge >= 0.3 is 5.97 Å². The Morgan fingerprint density at radius 3 is 2.65 bits per heavy atom. The molecule has 1 unspecified atom stereocenters. The van der Waals surface area contributed by atoms with Gasteiger partial charge in [-0.05, 0) is 37.7 Å². The van der Waals surface area contributed by atoms with Crippen molar-refractivity contribution in [3.63, 3.8) is 0 Å². The van der Waals surface area contributed by atoms with Gasteiger partial charge in [-0.25, -0.2) is 4.79 Å². The molecule has 2 aromatic rings. The van der Waals surface area contributed by atoms with Gasteiger partial charge in [-0.3, -0.25) is 9.78 Å². The van der Waals surface area contributed by atoms with E-state index in [9.17, 15) is 9.59 Å². The topological polar surface area (TPSA) is 71.5 Å². The van der Waals surface area contributed by atoms with E-state index in [1.165, 1.54) is 30.3 Å². The summed E-state index contributed by atoms with van der Waals surface area (Å²) in [5, 5.41) is 4.89. The van der Waals surface area contributed by atoms with Gasteiger partial charge < -0.3 is 15.0 Å². The number of nitrogens with zero attached hydrogens (tertiary/aromatic N) is 2. The van der Waals surface area contributed by atoms with E-state index in [-0.39, 0.29) is 17.6 Å². The third-order valence-electron chi connectivity index (χ3n) is 3.37. The summed E-state index contributed by atoms with van der Waals surface area (Å²) < 4.78 is 4.60. The van der Waals surface area contributed by atoms with Gasteiger partial charge in [0, 0.05) is 17.6 Å². The van der Waals surface area contributed by atoms with Crippen LogP contribution in [0.5, 0.6) is 0 Å². The molecule has 2 heterocycles. The third kappa shape index (κ3) is 4.37. The molecule has 0 aromatic carbocycles. The van der Waals surface area contributed by atoms with E-state index in [0.717, 1.165) is 0 Å². The Morgan fingerprint density at radius 1 is 1.35 bits per heavy atom. The van der Waals surface area contributed by atoms with Crippen LogP contribution in [0, 0.1) is 0 Å². The van der Waals surface area contributed by atoms with Crippen LogP contribution < -0.4 is 5.32 Å². The summed E-state index contributed by atoms with van der Waals surface area (Å²) in [6, 6.07) is 7.18. The minimum Gasteiger partial charge on any atom is -0.465 e. The minimum atomic E-state index is -0.477. The Labute approximate surface area is 139 Å². The Kier molecular flexibility index (Phi) is 5.84. The van der Waals surface area contributed by atoms with Crippen LogP contribution in [-0.2, 0) is 4.74 Å². The summed E-state index contributed by atoms with van der Waals surface area (Å²) in [4.78, 5) is 30.8. The molecule has 122 valence electrons. The molecule has 7 heteroatoms. The van der Waals surface area contributed by atoms with E-state index in [2.05, 4.69) is 19.9 Å². The molecule has 1 atom stereocenters. The van der Waals surface area contributed by atoms with E-state index in [4.69, 9.17) is 0 Å². The van der Waals surface area contributed by atoms with Gasteiger partial charge in [0.05, 0.1) is 18.7 Å². The summed E-state index contributed by atoms with van der Waals surface area (Å²) in [5.74, 6) is -0.750. The van der Waals surface area contributed by atoms with Crippen molar-refractivity contribution in [3.05, 3.63) is 52.0 Å². The van der Waals surface area contributed by atoms with Crippen LogP contribution in [0.2, 0.25) is 0 Å². The van der Waals surface area contributed by atoms with E-state index in [1.807, 2.05) is 31.6 Å². The second-order valence-electron chi connectivity index (χ2n) is 5.13. The summed E-state index contributed by atoms with van der Waals surface area (Å²) >= 11 is 1.65. The van der Waals surface area contributed by atoms with Crippen molar-refractivity contribution >= 4 is 23.2 Å². The highest BCUT2D eigenvalue weighted by molar-refractivity contribution is 7.10. The lowest BCUT2D eigenvalue weighted by molar-refractivity contribution is 0.0599. The van der Waals surface area contributed by atoms with Crippen LogP contribution in [0.4, 0.5) is 0 Å². The molecular weight excluding hydrogens is 314 g/mol. The Bertz CT molecular complexity index is 654. The number of carbonyl (C=O) groups is 2. The first kappa shape index (κ1) is 17.1. The SMILES string of the molecule is COC(=O)c1ccc(C(=O)NCC(c2cccs2)N(C)C)nc1. The number of thiophene rings is 1. The van der Waals surface area contributed by atoms with Crippen molar-refractivity contribution in [2.24, 2.45) is 0 Å². The Morgan fingerprint density at radius 2 is 2.13 bits per heavy atom. The number of methoxy groups -OCH3 is 1. The zero-order valence-corrected chi connectivity index (χ0v) is 14.1. The smallest absolute Gasteiger partial charge is 0.339 e. The second-order valence-corrected chi connectivity index (χ2v) is 6.11. The zero-order valence-electron chi connectivity index (χ0n) is 13.3. The van der Waals surface area contributed by atoms with E-state index in [0.29, 0.717) is 12.1 Å². The number of ether oxygens (including phenoxy) is 1. The van der Waals surface area contributed by atoms with Gasteiger partial charge in [0.25, 0.3) is 5.91 Å². The predicted octanol–water partition coefficient (Wildman–Crippen LogP) is 1.96. The van der Waals surface area contributed by atoms with Crippen molar-refractivity contribution in [2.45, 2.75) is 6.04 Å². The highest BCUT2D eigenvalue weighted by Gasteiger charge is 2.17. The lowest BCUT2D eigenvalue weighted by Crippen LogP contribution is -2.34. The molecule has 0 aliphatic rings. The highest BCUT2D eigenvalue weighted by atomic mass is 32.1. The minimum absolute atomic E-state index is 0.105. The zero-order chi connectivity index (χ0) is 16.8. The highest BCUT2D eigenvalue weighted by Crippen LogP contribution is 2.22. The number of rotatable bonds is 6. The maximum absolute atomic E-state index is 12.2. The molecule has 2 aromatic heterocycles. The molecule has 0 aliphatic carbocycles. The van der Waals surface area contributed by atoms with Gasteiger partial charge in [-0.2, -0.15) is 0 Å². The van der Waals surface area contributed by atoms with Gasteiger partial charge in [-0.1, -0.05) is 6.07 Å². The molecule has 0 saturated carbocycles. The number of hydrogen-bond acceptors (Lipinski definition) is 6. The molecule has 6 nitrogen and oxygen atoms in total. The molecule has 23 heavy (non-hydrogen) atoms. The molecule has 0 spiro atoms. The molecule has 2 rings (SSSR count). The summed E-state index contributed by atoms with van der Waals surface area (Å²) in [6.45, 7) is 0.479. The molecule has 0 saturated heterocycles. The summed E-state index contributed by atoms with van der Waals surface area (Å²) in [6.07, 6.45) is 1.34. The van der Waals surface area contributed by atoms with Crippen LogP contribution in [0.15, 0.2) is 35.8 Å². The molecule has 1 N–H and O–H groups in total. The number of nitrogens with one attached hydrogen (secondary N) is 1. The van der Waals surface area contributed by atoms with Crippen molar-refractivity contribution in [3.8, 4) is 0 Å². The van der Waals surface area contributed by atoms with Crippen LogP contribution >= 0.6 is 11.3 Å². The third-order valence-corrected chi connectivity index (χ3v) is 4.34. The average Bonchev–Trinajstić information content (AvgIpc) is 3.08. The largest absolute Gasteiger partial charge is 0.465 e. The first-order valence-electron chi connectivity index (χ1n) is 7.05. The Balaban J connectivity index is 1.99. The lowest BCUT2D eigenvalue weighted by Gasteiger charge is -2.23. The van der Waals surface area contributed by atoms with Crippen LogP contribution in [-0.4, -0.2) is 49.5 Å². The second kappa shape index (κ2) is 7.85. The normalized spacial score (nSPS) is 12.0. The van der Waals surface area contributed by atoms with E-state index in [1.54, 1.807) is 11.3 Å². The number of pyridine rings is 1. The fraction of sp³-hybridized carbons (Fsp3) is 0.312. The predicted molar refractivity (Wildman–Crippen MR) is 88.7 cm³/mol. The molecule has 0 radical (unpaired) electrons. The summed E-state index contributed by atoms with van der Waals surface area (Å²) in [7, 11) is 5.24. The van der Waals surface area contributed by atoms with Gasteiger partial charge in [0.15, 0.2) is 0 Å². The number of esters is 1. The number of carbonyl (C=O) groups excluding carboxylic acids is 2. The molecule has 0 aliphatic heterocycles. The maximum atomic E-state index is 12.2. The van der Waals surface area contributed by atoms with Crippen LogP contribution in [0.1, 0.15) is 31.8 Å². The molecule has 0 bridgehead atoms. The summed E-state index contributed by atoms with van der Waals surface area (Å²) in [5.41, 5.74) is 0.579. The van der Waals surface area contributed by atoms with Gasteiger partial charge in [0.2, 0.25) is 0 Å². The van der Waals surface area contributed by atoms with E-state index < -0.39 is 5.97 Å². The maximum Gasteiger partial charge on any atom is 0.339 e. The van der Waals surface area contributed by atoms with Crippen molar-refractivity contribution in [1.29, 1.82) is 0 Å². The average molecular weight is 333 g/mol. The number of hydrogen-bond donors (Lipinski definition) is 1. The van der Waals surface area contributed by atoms with Crippen LogP contribution in [0.3, 0.4) is 0 Å². The molecule has 0 fully saturated rings. The molecular formula is C16H19N3O3S. The van der Waals surface area contributed by atoms with Crippen molar-refractivity contribution in [1.82, 2.24) is 15.2 Å². The Hall–Kier alpha value is -2.25. The van der Waals surface area contributed by atoms with Crippen LogP contribution in [0.25, 0.3) is 0 Å². The van der Waals surface area contributed by atoms with Crippen molar-refractivity contribution in [2.75, 3.05) is 27.7 Å². The number of likely N-dealkylation sites (N-methyl/N-ethyl adjacent to an activating group) is 1. The first-order chi connectivity index (χ1) is 11.0. The van der Waals surface area contributed by atoms with Crippen molar-refractivity contribution < 1.29 is 14.3 Å². The lowest BCUT2D eigenvalue weighted by atomic mass is 10.2. The quantitative estimate of drug-likeness (QED) is 0.818. The first-order valence-corrected chi connectivity index (χ1v) is 7.93. The monoisotopic (exact) mass is 333 g/mol.